The molecule has 1 aliphatic rings. The van der Waals surface area contributed by atoms with Gasteiger partial charge in [-0.25, -0.2) is 0 Å². The molecular weight excluding hydrogens is 432 g/mol. The summed E-state index contributed by atoms with van der Waals surface area (Å²) in [5, 5.41) is 4.10. The van der Waals surface area contributed by atoms with E-state index in [4.69, 9.17) is 23.8 Å². The molecule has 1 fully saturated rings. The number of likely N-dealkylation sites (tertiary alicyclic amines) is 1. The van der Waals surface area contributed by atoms with Gasteiger partial charge in [0.05, 0.1) is 17.4 Å². The fourth-order valence-corrected chi connectivity index (χ4v) is 4.31. The lowest BCUT2D eigenvalue weighted by Gasteiger charge is -2.14. The monoisotopic (exact) mass is 456 g/mol. The van der Waals surface area contributed by atoms with Crippen molar-refractivity contribution in [2.45, 2.75) is 25.8 Å². The third kappa shape index (κ3) is 5.23. The van der Waals surface area contributed by atoms with Crippen LogP contribution in [-0.4, -0.2) is 46.5 Å². The number of halogens is 1. The van der Waals surface area contributed by atoms with Gasteiger partial charge in [-0.1, -0.05) is 23.7 Å². The summed E-state index contributed by atoms with van der Waals surface area (Å²) in [6.45, 7) is 4.31. The van der Waals surface area contributed by atoms with E-state index in [1.807, 2.05) is 12.1 Å². The molecule has 2 N–H and O–H groups in total. The lowest BCUT2D eigenvalue weighted by molar-refractivity contribution is 0.0952. The van der Waals surface area contributed by atoms with Crippen LogP contribution in [0.25, 0.3) is 10.9 Å². The molecule has 0 bridgehead atoms. The number of hydrogen-bond donors (Lipinski definition) is 2. The minimum atomic E-state index is -0.189. The largest absolute Gasteiger partial charge is 0.352 e. The SMILES string of the molecule is O=C(NCCCN1CCCC1)c1ccc2c(=O)n(Cc3ccc(Cl)cc3)c(=S)[nH]c2c1. The third-order valence-corrected chi connectivity index (χ3v) is 6.21. The van der Waals surface area contributed by atoms with Gasteiger partial charge >= 0.3 is 0 Å². The molecule has 0 radical (unpaired) electrons. The molecule has 3 aromatic rings. The van der Waals surface area contributed by atoms with Crippen molar-refractivity contribution in [1.82, 2.24) is 19.8 Å². The number of fused-ring (bicyclic) bond motifs is 1. The number of nitrogens with zero attached hydrogens (tertiary/aromatic N) is 2. The standard InChI is InChI=1S/C23H25ClN4O2S/c24-18-7-4-16(5-8-18)15-28-22(30)19-9-6-17(14-20(19)26-23(28)31)21(29)25-10-3-13-27-11-1-2-12-27/h4-9,14H,1-3,10-13,15H2,(H,25,29)(H,26,31). The predicted molar refractivity (Wildman–Crippen MR) is 127 cm³/mol. The van der Waals surface area contributed by atoms with Gasteiger partial charge < -0.3 is 15.2 Å². The summed E-state index contributed by atoms with van der Waals surface area (Å²) in [6, 6.07) is 12.4. The maximum absolute atomic E-state index is 13.0. The molecule has 0 saturated carbocycles. The second-order valence-electron chi connectivity index (χ2n) is 7.87. The molecule has 4 rings (SSSR count). The Hall–Kier alpha value is -2.48. The van der Waals surface area contributed by atoms with Crippen LogP contribution in [0, 0.1) is 4.77 Å². The van der Waals surface area contributed by atoms with Gasteiger partial charge in [0, 0.05) is 17.1 Å². The normalized spacial score (nSPS) is 14.2. The van der Waals surface area contributed by atoms with Crippen molar-refractivity contribution < 1.29 is 4.79 Å². The van der Waals surface area contributed by atoms with Gasteiger partial charge in [-0.15, -0.1) is 0 Å². The molecule has 0 aliphatic carbocycles. The Morgan fingerprint density at radius 2 is 1.87 bits per heavy atom. The fraction of sp³-hybridized carbons (Fsp3) is 0.348. The summed E-state index contributed by atoms with van der Waals surface area (Å²) in [6.07, 6.45) is 3.47. The van der Waals surface area contributed by atoms with Gasteiger partial charge in [0.25, 0.3) is 11.5 Å². The number of hydrogen-bond acceptors (Lipinski definition) is 4. The van der Waals surface area contributed by atoms with E-state index < -0.39 is 0 Å². The van der Waals surface area contributed by atoms with Crippen LogP contribution in [0.2, 0.25) is 5.02 Å². The molecule has 1 saturated heterocycles. The first kappa shape index (κ1) is 21.7. The van der Waals surface area contributed by atoms with E-state index in [2.05, 4.69) is 15.2 Å². The van der Waals surface area contributed by atoms with Gasteiger partial charge in [-0.3, -0.25) is 14.2 Å². The molecule has 0 spiro atoms. The molecule has 8 heteroatoms. The van der Waals surface area contributed by atoms with E-state index >= 15 is 0 Å². The number of rotatable bonds is 7. The van der Waals surface area contributed by atoms with Crippen molar-refractivity contribution in [1.29, 1.82) is 0 Å². The van der Waals surface area contributed by atoms with Gasteiger partial charge in [0.15, 0.2) is 4.77 Å². The van der Waals surface area contributed by atoms with Crippen LogP contribution in [0.3, 0.4) is 0 Å². The van der Waals surface area contributed by atoms with Crippen molar-refractivity contribution >= 4 is 40.6 Å². The summed E-state index contributed by atoms with van der Waals surface area (Å²) < 4.78 is 1.83. The second kappa shape index (κ2) is 9.77. The van der Waals surface area contributed by atoms with Crippen LogP contribution in [-0.2, 0) is 6.54 Å². The number of aromatic nitrogens is 2. The van der Waals surface area contributed by atoms with Crippen molar-refractivity contribution in [2.75, 3.05) is 26.2 Å². The van der Waals surface area contributed by atoms with Crippen LogP contribution >= 0.6 is 23.8 Å². The Balaban J connectivity index is 1.47. The molecule has 1 amide bonds. The Bertz CT molecular complexity index is 1200. The van der Waals surface area contributed by atoms with Crippen LogP contribution in [0.1, 0.15) is 35.2 Å². The quantitative estimate of drug-likeness (QED) is 0.417. The van der Waals surface area contributed by atoms with Gasteiger partial charge in [0.1, 0.15) is 0 Å². The molecule has 2 aromatic carbocycles. The Morgan fingerprint density at radius 1 is 1.13 bits per heavy atom. The summed E-state index contributed by atoms with van der Waals surface area (Å²) in [5.74, 6) is -0.145. The first-order chi connectivity index (χ1) is 15.0. The predicted octanol–water partition coefficient (Wildman–Crippen LogP) is 3.98. The van der Waals surface area contributed by atoms with Crippen molar-refractivity contribution in [3.05, 3.63) is 73.7 Å². The van der Waals surface area contributed by atoms with E-state index in [1.165, 1.54) is 17.4 Å². The topological polar surface area (TPSA) is 70.1 Å². The van der Waals surface area contributed by atoms with E-state index in [-0.39, 0.29) is 11.5 Å². The highest BCUT2D eigenvalue weighted by Crippen LogP contribution is 2.14. The summed E-state index contributed by atoms with van der Waals surface area (Å²) >= 11 is 11.4. The molecule has 31 heavy (non-hydrogen) atoms. The zero-order valence-electron chi connectivity index (χ0n) is 17.2. The average molecular weight is 457 g/mol. The number of nitrogens with one attached hydrogen (secondary N) is 2. The smallest absolute Gasteiger partial charge is 0.262 e. The maximum Gasteiger partial charge on any atom is 0.262 e. The molecule has 6 nitrogen and oxygen atoms in total. The van der Waals surface area contributed by atoms with Crippen LogP contribution in [0.15, 0.2) is 47.3 Å². The highest BCUT2D eigenvalue weighted by atomic mass is 35.5. The molecule has 2 heterocycles. The number of amides is 1. The molecular formula is C23H25ClN4O2S. The Morgan fingerprint density at radius 3 is 2.61 bits per heavy atom. The van der Waals surface area contributed by atoms with E-state index in [0.717, 1.165) is 31.6 Å². The lowest BCUT2D eigenvalue weighted by Crippen LogP contribution is -2.28. The molecule has 1 aliphatic heterocycles. The molecule has 0 atom stereocenters. The fourth-order valence-electron chi connectivity index (χ4n) is 3.92. The van der Waals surface area contributed by atoms with Gasteiger partial charge in [-0.2, -0.15) is 0 Å². The minimum Gasteiger partial charge on any atom is -0.352 e. The van der Waals surface area contributed by atoms with Crippen LogP contribution in [0.4, 0.5) is 0 Å². The zero-order valence-corrected chi connectivity index (χ0v) is 18.8. The van der Waals surface area contributed by atoms with Gasteiger partial charge in [-0.05, 0) is 87.0 Å². The molecule has 1 aromatic heterocycles. The number of carbonyl (C=O) groups excluding carboxylic acids is 1. The maximum atomic E-state index is 13.0. The van der Waals surface area contributed by atoms with Crippen molar-refractivity contribution in [2.24, 2.45) is 0 Å². The summed E-state index contributed by atoms with van der Waals surface area (Å²) in [4.78, 5) is 31.0. The van der Waals surface area contributed by atoms with Crippen molar-refractivity contribution in [3.8, 4) is 0 Å². The van der Waals surface area contributed by atoms with E-state index in [1.54, 1.807) is 30.3 Å². The van der Waals surface area contributed by atoms with Crippen molar-refractivity contribution in [3.63, 3.8) is 0 Å². The van der Waals surface area contributed by atoms with E-state index in [0.29, 0.717) is 39.3 Å². The lowest BCUT2D eigenvalue weighted by atomic mass is 10.1. The minimum absolute atomic E-state index is 0.145. The van der Waals surface area contributed by atoms with Crippen LogP contribution in [0.5, 0.6) is 0 Å². The summed E-state index contributed by atoms with van der Waals surface area (Å²) in [5.41, 5.74) is 1.81. The highest BCUT2D eigenvalue weighted by molar-refractivity contribution is 7.71. The Labute approximate surface area is 190 Å². The third-order valence-electron chi connectivity index (χ3n) is 5.63. The number of carbonyl (C=O) groups is 1. The number of H-pyrrole nitrogens is 1. The number of benzene rings is 2. The second-order valence-corrected chi connectivity index (χ2v) is 8.69. The van der Waals surface area contributed by atoms with Crippen LogP contribution < -0.4 is 10.9 Å². The zero-order chi connectivity index (χ0) is 21.8. The van der Waals surface area contributed by atoms with E-state index in [9.17, 15) is 9.59 Å². The highest BCUT2D eigenvalue weighted by Gasteiger charge is 2.12. The first-order valence-corrected chi connectivity index (χ1v) is 11.3. The molecule has 0 unspecified atom stereocenters. The Kier molecular flexibility index (Phi) is 6.85. The summed E-state index contributed by atoms with van der Waals surface area (Å²) in [7, 11) is 0. The number of aromatic amines is 1. The van der Waals surface area contributed by atoms with Gasteiger partial charge in [0.2, 0.25) is 0 Å². The molecule has 162 valence electrons. The average Bonchev–Trinajstić information content (AvgIpc) is 3.28. The first-order valence-electron chi connectivity index (χ1n) is 10.5.